The quantitative estimate of drug-likeness (QED) is 0.850. The summed E-state index contributed by atoms with van der Waals surface area (Å²) in [5.74, 6) is 0. The van der Waals surface area contributed by atoms with E-state index in [-0.39, 0.29) is 6.03 Å². The van der Waals surface area contributed by atoms with Crippen LogP contribution in [0.1, 0.15) is 12.5 Å². The molecule has 3 nitrogen and oxygen atoms in total. The number of aryl methyl sites for hydroxylation is 1. The van der Waals surface area contributed by atoms with Gasteiger partial charge in [0, 0.05) is 15.5 Å². The van der Waals surface area contributed by atoms with Gasteiger partial charge in [-0.3, -0.25) is 0 Å². The van der Waals surface area contributed by atoms with E-state index in [1.54, 1.807) is 0 Å². The fraction of sp³-hybridized carbons (Fsp3) is 0.300. The summed E-state index contributed by atoms with van der Waals surface area (Å²) in [5.41, 5.74) is 1.86. The summed E-state index contributed by atoms with van der Waals surface area (Å²) in [7, 11) is 0. The number of halogens is 2. The molecule has 1 aromatic rings. The summed E-state index contributed by atoms with van der Waals surface area (Å²) in [4.78, 5) is 11.3. The molecular weight excluding hydrogens is 324 g/mol. The van der Waals surface area contributed by atoms with Crippen LogP contribution in [0.3, 0.4) is 0 Å². The van der Waals surface area contributed by atoms with Crippen LogP contribution in [-0.2, 0) is 0 Å². The lowest BCUT2D eigenvalue weighted by Crippen LogP contribution is -2.28. The van der Waals surface area contributed by atoms with Crippen molar-refractivity contribution in [2.24, 2.45) is 0 Å². The second kappa shape index (κ2) is 5.51. The Balaban J connectivity index is 2.90. The van der Waals surface area contributed by atoms with E-state index in [4.69, 9.17) is 0 Å². The summed E-state index contributed by atoms with van der Waals surface area (Å²) in [6, 6.07) is 3.70. The zero-order valence-corrected chi connectivity index (χ0v) is 11.7. The lowest BCUT2D eigenvalue weighted by molar-refractivity contribution is 0.252. The van der Waals surface area contributed by atoms with E-state index in [1.165, 1.54) is 0 Å². The van der Waals surface area contributed by atoms with Crippen LogP contribution in [0.25, 0.3) is 0 Å². The maximum Gasteiger partial charge on any atom is 0.319 e. The van der Waals surface area contributed by atoms with Crippen molar-refractivity contribution in [3.05, 3.63) is 26.6 Å². The van der Waals surface area contributed by atoms with Crippen LogP contribution in [-0.4, -0.2) is 12.6 Å². The van der Waals surface area contributed by atoms with Gasteiger partial charge in [-0.15, -0.1) is 0 Å². The minimum absolute atomic E-state index is 0.206. The molecule has 0 heterocycles. The molecule has 2 N–H and O–H groups in total. The topological polar surface area (TPSA) is 41.1 Å². The Morgan fingerprint density at radius 3 is 2.33 bits per heavy atom. The van der Waals surface area contributed by atoms with Crippen molar-refractivity contribution in [2.45, 2.75) is 13.8 Å². The Bertz CT molecular complexity index is 357. The third kappa shape index (κ3) is 3.50. The van der Waals surface area contributed by atoms with Crippen molar-refractivity contribution in [2.75, 3.05) is 11.9 Å². The van der Waals surface area contributed by atoms with Crippen LogP contribution >= 0.6 is 31.9 Å². The average Bonchev–Trinajstić information content (AvgIpc) is 2.11. The van der Waals surface area contributed by atoms with Gasteiger partial charge in [-0.05, 0) is 63.4 Å². The number of carbonyl (C=O) groups is 1. The molecule has 0 radical (unpaired) electrons. The SMILES string of the molecule is CCNC(=O)Nc1c(Br)cc(C)cc1Br. The van der Waals surface area contributed by atoms with Gasteiger partial charge < -0.3 is 10.6 Å². The van der Waals surface area contributed by atoms with Crippen molar-refractivity contribution < 1.29 is 4.79 Å². The number of benzene rings is 1. The van der Waals surface area contributed by atoms with Gasteiger partial charge in [0.25, 0.3) is 0 Å². The Morgan fingerprint density at radius 2 is 1.87 bits per heavy atom. The Morgan fingerprint density at radius 1 is 1.33 bits per heavy atom. The minimum Gasteiger partial charge on any atom is -0.338 e. The molecule has 0 spiro atoms. The molecule has 15 heavy (non-hydrogen) atoms. The van der Waals surface area contributed by atoms with Crippen LogP contribution < -0.4 is 10.6 Å². The first-order valence-corrected chi connectivity index (χ1v) is 6.13. The van der Waals surface area contributed by atoms with Crippen molar-refractivity contribution in [1.29, 1.82) is 0 Å². The molecule has 2 amide bonds. The number of rotatable bonds is 2. The van der Waals surface area contributed by atoms with Crippen molar-refractivity contribution >= 4 is 43.6 Å². The predicted molar refractivity (Wildman–Crippen MR) is 69.3 cm³/mol. The van der Waals surface area contributed by atoms with Crippen LogP contribution in [0.4, 0.5) is 10.5 Å². The summed E-state index contributed by atoms with van der Waals surface area (Å²) in [6.07, 6.45) is 0. The van der Waals surface area contributed by atoms with Crippen LogP contribution in [0.5, 0.6) is 0 Å². The van der Waals surface area contributed by atoms with E-state index < -0.39 is 0 Å². The van der Waals surface area contributed by atoms with Gasteiger partial charge in [-0.2, -0.15) is 0 Å². The van der Waals surface area contributed by atoms with Gasteiger partial charge >= 0.3 is 6.03 Å². The van der Waals surface area contributed by atoms with E-state index >= 15 is 0 Å². The Hall–Kier alpha value is -0.550. The first kappa shape index (κ1) is 12.5. The van der Waals surface area contributed by atoms with E-state index in [1.807, 2.05) is 26.0 Å². The van der Waals surface area contributed by atoms with Crippen LogP contribution in [0.15, 0.2) is 21.1 Å². The lowest BCUT2D eigenvalue weighted by atomic mass is 10.2. The van der Waals surface area contributed by atoms with Gasteiger partial charge in [0.2, 0.25) is 0 Å². The highest BCUT2D eigenvalue weighted by Gasteiger charge is 2.08. The van der Waals surface area contributed by atoms with E-state index in [2.05, 4.69) is 42.5 Å². The molecule has 0 bridgehead atoms. The largest absolute Gasteiger partial charge is 0.338 e. The predicted octanol–water partition coefficient (Wildman–Crippen LogP) is 3.66. The summed E-state index contributed by atoms with van der Waals surface area (Å²) < 4.78 is 1.72. The zero-order chi connectivity index (χ0) is 11.4. The first-order valence-electron chi connectivity index (χ1n) is 4.55. The molecule has 0 aliphatic rings. The summed E-state index contributed by atoms with van der Waals surface area (Å²) >= 11 is 6.81. The first-order chi connectivity index (χ1) is 7.04. The number of nitrogens with one attached hydrogen (secondary N) is 2. The minimum atomic E-state index is -0.206. The third-order valence-corrected chi connectivity index (χ3v) is 3.01. The highest BCUT2D eigenvalue weighted by atomic mass is 79.9. The van der Waals surface area contributed by atoms with E-state index in [0.29, 0.717) is 6.54 Å². The molecule has 0 saturated carbocycles. The fourth-order valence-corrected chi connectivity index (χ4v) is 2.75. The molecule has 0 fully saturated rings. The van der Waals surface area contributed by atoms with E-state index in [9.17, 15) is 4.79 Å². The van der Waals surface area contributed by atoms with Gasteiger partial charge in [0.1, 0.15) is 0 Å². The van der Waals surface area contributed by atoms with Crippen molar-refractivity contribution in [3.63, 3.8) is 0 Å². The number of hydrogen-bond acceptors (Lipinski definition) is 1. The highest BCUT2D eigenvalue weighted by molar-refractivity contribution is 9.11. The van der Waals surface area contributed by atoms with Crippen molar-refractivity contribution in [1.82, 2.24) is 5.32 Å². The molecule has 0 aliphatic heterocycles. The lowest BCUT2D eigenvalue weighted by Gasteiger charge is -2.10. The third-order valence-electron chi connectivity index (χ3n) is 1.76. The molecule has 0 aromatic heterocycles. The monoisotopic (exact) mass is 334 g/mol. The van der Waals surface area contributed by atoms with Gasteiger partial charge in [-0.25, -0.2) is 4.79 Å². The number of anilines is 1. The normalized spacial score (nSPS) is 9.87. The molecular formula is C10H12Br2N2O. The Labute approximate surface area is 106 Å². The smallest absolute Gasteiger partial charge is 0.319 e. The van der Waals surface area contributed by atoms with Crippen LogP contribution in [0, 0.1) is 6.92 Å². The molecule has 0 unspecified atom stereocenters. The molecule has 0 atom stereocenters. The van der Waals surface area contributed by atoms with Crippen molar-refractivity contribution in [3.8, 4) is 0 Å². The van der Waals surface area contributed by atoms with Gasteiger partial charge in [0.05, 0.1) is 5.69 Å². The summed E-state index contributed by atoms with van der Waals surface area (Å²) in [6.45, 7) is 4.47. The second-order valence-electron chi connectivity index (χ2n) is 3.09. The molecule has 1 rings (SSSR count). The molecule has 82 valence electrons. The number of carbonyl (C=O) groups excluding carboxylic acids is 1. The number of urea groups is 1. The fourth-order valence-electron chi connectivity index (χ4n) is 1.14. The number of hydrogen-bond donors (Lipinski definition) is 2. The Kier molecular flexibility index (Phi) is 4.60. The molecule has 0 saturated heterocycles. The average molecular weight is 336 g/mol. The standard InChI is InChI=1S/C10H12Br2N2O/c1-3-13-10(15)14-9-7(11)4-6(2)5-8(9)12/h4-5H,3H2,1-2H3,(H2,13,14,15). The summed E-state index contributed by atoms with van der Waals surface area (Å²) in [5, 5.41) is 5.43. The van der Waals surface area contributed by atoms with Gasteiger partial charge in [0.15, 0.2) is 0 Å². The molecule has 0 aliphatic carbocycles. The molecule has 1 aromatic carbocycles. The van der Waals surface area contributed by atoms with Crippen LogP contribution in [0.2, 0.25) is 0 Å². The molecule has 5 heteroatoms. The van der Waals surface area contributed by atoms with E-state index in [0.717, 1.165) is 20.2 Å². The second-order valence-corrected chi connectivity index (χ2v) is 4.80. The maximum absolute atomic E-state index is 11.3. The van der Waals surface area contributed by atoms with Gasteiger partial charge in [-0.1, -0.05) is 0 Å². The highest BCUT2D eigenvalue weighted by Crippen LogP contribution is 2.32. The zero-order valence-electron chi connectivity index (χ0n) is 8.53. The maximum atomic E-state index is 11.3. The number of amides is 2.